The third kappa shape index (κ3) is 3.32. The molecule has 4 aromatic rings. The molecule has 0 aliphatic rings. The molecule has 0 fully saturated rings. The Balaban J connectivity index is 1.42. The molecule has 128 valence electrons. The van der Waals surface area contributed by atoms with E-state index in [0.29, 0.717) is 11.4 Å². The fraction of sp³-hybridized carbons (Fsp3) is 0.0952. The third-order valence-corrected chi connectivity index (χ3v) is 4.10. The average Bonchev–Trinajstić information content (AvgIpc) is 3.09. The number of aryl methyl sites for hydroxylation is 1. The SMILES string of the molecule is Cc1cccn2cc(COC(=O)/C=C/c3ccc4ccccc4n3)nc12. The van der Waals surface area contributed by atoms with Crippen molar-refractivity contribution in [3.05, 3.63) is 84.0 Å². The van der Waals surface area contributed by atoms with Gasteiger partial charge in [0.1, 0.15) is 12.3 Å². The summed E-state index contributed by atoms with van der Waals surface area (Å²) in [4.78, 5) is 20.9. The second kappa shape index (κ2) is 6.80. The van der Waals surface area contributed by atoms with Crippen LogP contribution in [0.3, 0.4) is 0 Å². The van der Waals surface area contributed by atoms with Crippen molar-refractivity contribution < 1.29 is 9.53 Å². The quantitative estimate of drug-likeness (QED) is 0.416. The predicted octanol–water partition coefficient (Wildman–Crippen LogP) is 3.95. The number of pyridine rings is 2. The number of esters is 1. The molecular weight excluding hydrogens is 326 g/mol. The number of hydrogen-bond donors (Lipinski definition) is 0. The van der Waals surface area contributed by atoms with E-state index in [4.69, 9.17) is 4.74 Å². The monoisotopic (exact) mass is 343 g/mol. The molecule has 0 aliphatic carbocycles. The largest absolute Gasteiger partial charge is 0.456 e. The minimum Gasteiger partial charge on any atom is -0.456 e. The third-order valence-electron chi connectivity index (χ3n) is 4.10. The zero-order chi connectivity index (χ0) is 17.9. The van der Waals surface area contributed by atoms with Crippen LogP contribution in [0.25, 0.3) is 22.6 Å². The molecule has 0 aliphatic heterocycles. The molecule has 0 amide bonds. The molecule has 0 spiro atoms. The highest BCUT2D eigenvalue weighted by molar-refractivity contribution is 5.87. The lowest BCUT2D eigenvalue weighted by Crippen LogP contribution is -2.01. The van der Waals surface area contributed by atoms with Gasteiger partial charge in [-0.2, -0.15) is 0 Å². The number of para-hydroxylation sites is 1. The Morgan fingerprint density at radius 2 is 2.00 bits per heavy atom. The van der Waals surface area contributed by atoms with Gasteiger partial charge in [-0.3, -0.25) is 0 Å². The highest BCUT2D eigenvalue weighted by atomic mass is 16.5. The second-order valence-corrected chi connectivity index (χ2v) is 6.02. The number of fused-ring (bicyclic) bond motifs is 2. The van der Waals surface area contributed by atoms with Gasteiger partial charge in [-0.25, -0.2) is 14.8 Å². The number of imidazole rings is 1. The van der Waals surface area contributed by atoms with E-state index in [0.717, 1.165) is 22.1 Å². The Hall–Kier alpha value is -3.47. The first-order chi connectivity index (χ1) is 12.7. The molecule has 3 aromatic heterocycles. The number of carbonyl (C=O) groups excluding carboxylic acids is 1. The zero-order valence-corrected chi connectivity index (χ0v) is 14.3. The van der Waals surface area contributed by atoms with Crippen molar-refractivity contribution in [2.75, 3.05) is 0 Å². The van der Waals surface area contributed by atoms with Gasteiger partial charge in [0.25, 0.3) is 0 Å². The summed E-state index contributed by atoms with van der Waals surface area (Å²) in [5, 5.41) is 1.06. The molecule has 0 unspecified atom stereocenters. The highest BCUT2D eigenvalue weighted by Crippen LogP contribution is 2.13. The lowest BCUT2D eigenvalue weighted by molar-refractivity contribution is -0.139. The Bertz CT molecular complexity index is 1130. The normalized spacial score (nSPS) is 11.4. The molecule has 0 saturated carbocycles. The van der Waals surface area contributed by atoms with E-state index >= 15 is 0 Å². The molecule has 1 aromatic carbocycles. The van der Waals surface area contributed by atoms with Crippen LogP contribution in [-0.2, 0) is 16.1 Å². The molecule has 0 atom stereocenters. The van der Waals surface area contributed by atoms with Gasteiger partial charge in [0.05, 0.1) is 16.9 Å². The van der Waals surface area contributed by atoms with Crippen molar-refractivity contribution in [3.8, 4) is 0 Å². The molecule has 5 nitrogen and oxygen atoms in total. The number of aromatic nitrogens is 3. The molecule has 0 N–H and O–H groups in total. The number of rotatable bonds is 4. The van der Waals surface area contributed by atoms with E-state index in [-0.39, 0.29) is 6.61 Å². The minimum atomic E-state index is -0.422. The van der Waals surface area contributed by atoms with Crippen molar-refractivity contribution in [1.29, 1.82) is 0 Å². The van der Waals surface area contributed by atoms with Crippen molar-refractivity contribution >= 4 is 28.6 Å². The number of benzene rings is 1. The van der Waals surface area contributed by atoms with Gasteiger partial charge >= 0.3 is 5.97 Å². The van der Waals surface area contributed by atoms with E-state index in [1.165, 1.54) is 6.08 Å². The first-order valence-corrected chi connectivity index (χ1v) is 8.33. The lowest BCUT2D eigenvalue weighted by Gasteiger charge is -1.99. The first-order valence-electron chi connectivity index (χ1n) is 8.33. The van der Waals surface area contributed by atoms with Crippen LogP contribution in [0.5, 0.6) is 0 Å². The first kappa shape index (κ1) is 16.0. The van der Waals surface area contributed by atoms with Gasteiger partial charge in [0, 0.05) is 23.9 Å². The lowest BCUT2D eigenvalue weighted by atomic mass is 10.2. The van der Waals surface area contributed by atoms with Crippen molar-refractivity contribution in [2.24, 2.45) is 0 Å². The van der Waals surface area contributed by atoms with E-state index in [1.54, 1.807) is 6.08 Å². The van der Waals surface area contributed by atoms with Gasteiger partial charge in [0.15, 0.2) is 0 Å². The molecule has 26 heavy (non-hydrogen) atoms. The predicted molar refractivity (Wildman–Crippen MR) is 101 cm³/mol. The summed E-state index contributed by atoms with van der Waals surface area (Å²) in [7, 11) is 0. The molecule has 0 bridgehead atoms. The molecule has 0 radical (unpaired) electrons. The van der Waals surface area contributed by atoms with Gasteiger partial charge in [-0.15, -0.1) is 0 Å². The van der Waals surface area contributed by atoms with Crippen molar-refractivity contribution in [3.63, 3.8) is 0 Å². The van der Waals surface area contributed by atoms with Gasteiger partial charge in [0.2, 0.25) is 0 Å². The Kier molecular flexibility index (Phi) is 4.19. The summed E-state index contributed by atoms with van der Waals surface area (Å²) in [5.74, 6) is -0.422. The van der Waals surface area contributed by atoms with Crippen LogP contribution in [0.4, 0.5) is 0 Å². The standard InChI is InChI=1S/C21H17N3O2/c1-15-5-4-12-24-13-18(23-21(15)24)14-26-20(25)11-10-17-9-8-16-6-2-3-7-19(16)22-17/h2-13H,14H2,1H3/b11-10+. The van der Waals surface area contributed by atoms with Crippen molar-refractivity contribution in [1.82, 2.24) is 14.4 Å². The summed E-state index contributed by atoms with van der Waals surface area (Å²) in [6.07, 6.45) is 6.83. The van der Waals surface area contributed by atoms with E-state index in [1.807, 2.05) is 72.2 Å². The number of hydrogen-bond acceptors (Lipinski definition) is 4. The van der Waals surface area contributed by atoms with Crippen molar-refractivity contribution in [2.45, 2.75) is 13.5 Å². The molecule has 3 heterocycles. The topological polar surface area (TPSA) is 56.5 Å². The summed E-state index contributed by atoms with van der Waals surface area (Å²) in [6, 6.07) is 15.7. The molecule has 4 rings (SSSR count). The maximum absolute atomic E-state index is 12.0. The van der Waals surface area contributed by atoms with E-state index < -0.39 is 5.97 Å². The Morgan fingerprint density at radius 3 is 2.88 bits per heavy atom. The fourth-order valence-corrected chi connectivity index (χ4v) is 2.80. The molecular formula is C21H17N3O2. The molecule has 0 saturated heterocycles. The van der Waals surface area contributed by atoms with Crippen LogP contribution in [0.1, 0.15) is 17.0 Å². The summed E-state index contributed by atoms with van der Waals surface area (Å²) < 4.78 is 7.20. The number of ether oxygens (including phenoxy) is 1. The van der Waals surface area contributed by atoms with Gasteiger partial charge in [-0.05, 0) is 36.8 Å². The maximum atomic E-state index is 12.0. The van der Waals surface area contributed by atoms with Crippen LogP contribution in [0, 0.1) is 6.92 Å². The van der Waals surface area contributed by atoms with Crippen LogP contribution in [0.2, 0.25) is 0 Å². The Morgan fingerprint density at radius 1 is 1.12 bits per heavy atom. The smallest absolute Gasteiger partial charge is 0.331 e. The fourth-order valence-electron chi connectivity index (χ4n) is 2.80. The average molecular weight is 343 g/mol. The van der Waals surface area contributed by atoms with Crippen LogP contribution in [-0.4, -0.2) is 20.3 Å². The highest BCUT2D eigenvalue weighted by Gasteiger charge is 2.06. The molecule has 5 heteroatoms. The minimum absolute atomic E-state index is 0.134. The Labute approximate surface area is 150 Å². The van der Waals surface area contributed by atoms with Gasteiger partial charge in [-0.1, -0.05) is 30.3 Å². The number of carbonyl (C=O) groups is 1. The maximum Gasteiger partial charge on any atom is 0.331 e. The summed E-state index contributed by atoms with van der Waals surface area (Å²) in [5.41, 5.74) is 4.26. The van der Waals surface area contributed by atoms with Gasteiger partial charge < -0.3 is 9.14 Å². The van der Waals surface area contributed by atoms with E-state index in [2.05, 4.69) is 9.97 Å². The number of nitrogens with zero attached hydrogens (tertiary/aromatic N) is 3. The summed E-state index contributed by atoms with van der Waals surface area (Å²) >= 11 is 0. The summed E-state index contributed by atoms with van der Waals surface area (Å²) in [6.45, 7) is 2.13. The second-order valence-electron chi connectivity index (χ2n) is 6.02. The van der Waals surface area contributed by atoms with Crippen LogP contribution < -0.4 is 0 Å². The van der Waals surface area contributed by atoms with E-state index in [9.17, 15) is 4.79 Å². The zero-order valence-electron chi connectivity index (χ0n) is 14.3. The van der Waals surface area contributed by atoms with Crippen LogP contribution in [0.15, 0.2) is 67.0 Å². The van der Waals surface area contributed by atoms with Crippen LogP contribution >= 0.6 is 0 Å².